The van der Waals surface area contributed by atoms with Crippen molar-refractivity contribution in [2.45, 2.75) is 18.4 Å². The number of anilines is 1. The van der Waals surface area contributed by atoms with Gasteiger partial charge in [0.15, 0.2) is 11.5 Å². The highest BCUT2D eigenvalue weighted by Crippen LogP contribution is 2.38. The van der Waals surface area contributed by atoms with Gasteiger partial charge in [-0.15, -0.1) is 0 Å². The van der Waals surface area contributed by atoms with E-state index in [4.69, 9.17) is 25.8 Å². The number of hydrogen-bond acceptors (Lipinski definition) is 6. The van der Waals surface area contributed by atoms with E-state index in [1.807, 2.05) is 13.0 Å². The zero-order chi connectivity index (χ0) is 25.6. The standard InChI is InChI=1S/C25H27ClN2O6S/c1-17-6-5-7-20(12-17)28(35(30,31)21-10-8-19(26)9-11-21)16-24(29)27-15-18-13-22(32-2)25(34-4)23(14-18)33-3/h5-14H,15-16H2,1-4H3,(H,27,29). The van der Waals surface area contributed by atoms with Crippen LogP contribution < -0.4 is 23.8 Å². The summed E-state index contributed by atoms with van der Waals surface area (Å²) in [6.45, 7) is 1.55. The molecule has 0 heterocycles. The average Bonchev–Trinajstić information content (AvgIpc) is 2.85. The van der Waals surface area contributed by atoms with Crippen LogP contribution in [0.5, 0.6) is 17.2 Å². The predicted octanol–water partition coefficient (Wildman–Crippen LogP) is 4.19. The molecule has 8 nitrogen and oxygen atoms in total. The molecule has 0 aromatic heterocycles. The highest BCUT2D eigenvalue weighted by molar-refractivity contribution is 7.92. The Bertz CT molecular complexity index is 1270. The topological polar surface area (TPSA) is 94.2 Å². The molecule has 186 valence electrons. The van der Waals surface area contributed by atoms with E-state index in [2.05, 4.69) is 5.32 Å². The fourth-order valence-electron chi connectivity index (χ4n) is 3.46. The normalized spacial score (nSPS) is 11.0. The van der Waals surface area contributed by atoms with E-state index in [1.54, 1.807) is 30.3 Å². The smallest absolute Gasteiger partial charge is 0.264 e. The molecule has 0 atom stereocenters. The highest BCUT2D eigenvalue weighted by Gasteiger charge is 2.27. The summed E-state index contributed by atoms with van der Waals surface area (Å²) >= 11 is 5.93. The fourth-order valence-corrected chi connectivity index (χ4v) is 5.00. The molecule has 0 aliphatic carbocycles. The van der Waals surface area contributed by atoms with E-state index in [0.717, 1.165) is 9.87 Å². The number of hydrogen-bond donors (Lipinski definition) is 1. The number of aryl methyl sites for hydroxylation is 1. The van der Waals surface area contributed by atoms with Crippen LogP contribution >= 0.6 is 11.6 Å². The van der Waals surface area contributed by atoms with Crippen LogP contribution in [-0.4, -0.2) is 42.2 Å². The number of carbonyl (C=O) groups is 1. The maximum Gasteiger partial charge on any atom is 0.264 e. The molecular weight excluding hydrogens is 492 g/mol. The molecule has 0 aliphatic rings. The van der Waals surface area contributed by atoms with Crippen LogP contribution in [0.15, 0.2) is 65.6 Å². The molecule has 0 unspecified atom stereocenters. The van der Waals surface area contributed by atoms with Crippen LogP contribution in [0.3, 0.4) is 0 Å². The number of amides is 1. The van der Waals surface area contributed by atoms with Gasteiger partial charge in [-0.1, -0.05) is 23.7 Å². The lowest BCUT2D eigenvalue weighted by Gasteiger charge is -2.24. The Hall–Kier alpha value is -3.43. The Labute approximate surface area is 210 Å². The van der Waals surface area contributed by atoms with Crippen LogP contribution in [0, 0.1) is 6.92 Å². The molecular formula is C25H27ClN2O6S. The minimum atomic E-state index is -4.04. The molecule has 1 N–H and O–H groups in total. The van der Waals surface area contributed by atoms with Crippen molar-refractivity contribution in [1.82, 2.24) is 5.32 Å². The number of methoxy groups -OCH3 is 3. The first-order valence-electron chi connectivity index (χ1n) is 10.6. The molecule has 3 aromatic carbocycles. The number of sulfonamides is 1. The van der Waals surface area contributed by atoms with E-state index < -0.39 is 22.5 Å². The van der Waals surface area contributed by atoms with Crippen molar-refractivity contribution in [2.75, 3.05) is 32.2 Å². The summed E-state index contributed by atoms with van der Waals surface area (Å²) in [7, 11) is 0.466. The number of carbonyl (C=O) groups excluding carboxylic acids is 1. The Morgan fingerprint density at radius 2 is 1.57 bits per heavy atom. The summed E-state index contributed by atoms with van der Waals surface area (Å²) in [6.07, 6.45) is 0. The van der Waals surface area contributed by atoms with E-state index >= 15 is 0 Å². The van der Waals surface area contributed by atoms with Gasteiger partial charge in [0.25, 0.3) is 10.0 Å². The van der Waals surface area contributed by atoms with Gasteiger partial charge < -0.3 is 19.5 Å². The molecule has 0 aliphatic heterocycles. The maximum atomic E-state index is 13.5. The maximum absolute atomic E-state index is 13.5. The first-order chi connectivity index (χ1) is 16.7. The molecule has 0 saturated carbocycles. The van der Waals surface area contributed by atoms with Crippen molar-refractivity contribution in [3.05, 3.63) is 76.8 Å². The molecule has 3 rings (SSSR count). The van der Waals surface area contributed by atoms with Gasteiger partial charge in [-0.3, -0.25) is 9.10 Å². The summed E-state index contributed by atoms with van der Waals surface area (Å²) in [5.41, 5.74) is 1.93. The van der Waals surface area contributed by atoms with Crippen molar-refractivity contribution in [1.29, 1.82) is 0 Å². The molecule has 0 fully saturated rings. The quantitative estimate of drug-likeness (QED) is 0.432. The van der Waals surface area contributed by atoms with Crippen LogP contribution in [0.25, 0.3) is 0 Å². The predicted molar refractivity (Wildman–Crippen MR) is 135 cm³/mol. The van der Waals surface area contributed by atoms with Crippen LogP contribution in [0.2, 0.25) is 5.02 Å². The fraction of sp³-hybridized carbons (Fsp3) is 0.240. The molecule has 35 heavy (non-hydrogen) atoms. The number of halogens is 1. The Morgan fingerprint density at radius 3 is 2.11 bits per heavy atom. The van der Waals surface area contributed by atoms with E-state index in [9.17, 15) is 13.2 Å². The Morgan fingerprint density at radius 1 is 0.943 bits per heavy atom. The minimum absolute atomic E-state index is 0.0285. The second kappa shape index (κ2) is 11.3. The number of benzene rings is 3. The third-order valence-corrected chi connectivity index (χ3v) is 7.23. The second-order valence-corrected chi connectivity index (χ2v) is 9.91. The molecule has 3 aromatic rings. The van der Waals surface area contributed by atoms with Crippen molar-refractivity contribution < 1.29 is 27.4 Å². The van der Waals surface area contributed by atoms with Crippen molar-refractivity contribution in [3.8, 4) is 17.2 Å². The SMILES string of the molecule is COc1cc(CNC(=O)CN(c2cccc(C)c2)S(=O)(=O)c2ccc(Cl)cc2)cc(OC)c1OC. The zero-order valence-electron chi connectivity index (χ0n) is 19.9. The molecule has 10 heteroatoms. The lowest BCUT2D eigenvalue weighted by Crippen LogP contribution is -2.40. The largest absolute Gasteiger partial charge is 0.493 e. The second-order valence-electron chi connectivity index (χ2n) is 7.61. The monoisotopic (exact) mass is 518 g/mol. The molecule has 0 radical (unpaired) electrons. The first kappa shape index (κ1) is 26.2. The summed E-state index contributed by atoms with van der Waals surface area (Å²) in [5, 5.41) is 3.18. The Kier molecular flexibility index (Phi) is 8.48. The lowest BCUT2D eigenvalue weighted by atomic mass is 10.1. The van der Waals surface area contributed by atoms with Crippen LogP contribution in [0.1, 0.15) is 11.1 Å². The third kappa shape index (κ3) is 6.17. The molecule has 0 saturated heterocycles. The third-order valence-electron chi connectivity index (χ3n) is 5.19. The molecule has 0 bridgehead atoms. The van der Waals surface area contributed by atoms with E-state index in [1.165, 1.54) is 45.6 Å². The zero-order valence-corrected chi connectivity index (χ0v) is 21.4. The van der Waals surface area contributed by atoms with Crippen molar-refractivity contribution in [3.63, 3.8) is 0 Å². The lowest BCUT2D eigenvalue weighted by molar-refractivity contribution is -0.119. The van der Waals surface area contributed by atoms with Gasteiger partial charge in [-0.2, -0.15) is 0 Å². The van der Waals surface area contributed by atoms with Gasteiger partial charge in [0.05, 0.1) is 31.9 Å². The first-order valence-corrected chi connectivity index (χ1v) is 12.4. The number of nitrogens with zero attached hydrogens (tertiary/aromatic N) is 1. The minimum Gasteiger partial charge on any atom is -0.493 e. The number of nitrogens with one attached hydrogen (secondary N) is 1. The Balaban J connectivity index is 1.86. The van der Waals surface area contributed by atoms with Gasteiger partial charge in [-0.25, -0.2) is 8.42 Å². The number of ether oxygens (including phenoxy) is 3. The summed E-state index contributed by atoms with van der Waals surface area (Å²) in [6, 6.07) is 16.2. The number of rotatable bonds is 10. The highest BCUT2D eigenvalue weighted by atomic mass is 35.5. The summed E-state index contributed by atoms with van der Waals surface area (Å²) in [5.74, 6) is 0.841. The van der Waals surface area contributed by atoms with Gasteiger partial charge in [-0.05, 0) is 66.6 Å². The summed E-state index contributed by atoms with van der Waals surface area (Å²) in [4.78, 5) is 13.0. The van der Waals surface area contributed by atoms with Gasteiger partial charge in [0, 0.05) is 11.6 Å². The molecule has 1 amide bonds. The van der Waals surface area contributed by atoms with E-state index in [-0.39, 0.29) is 11.4 Å². The summed E-state index contributed by atoms with van der Waals surface area (Å²) < 4.78 is 44.0. The van der Waals surface area contributed by atoms with Crippen LogP contribution in [-0.2, 0) is 21.4 Å². The molecule has 0 spiro atoms. The van der Waals surface area contributed by atoms with Gasteiger partial charge >= 0.3 is 0 Å². The van der Waals surface area contributed by atoms with Gasteiger partial charge in [0.2, 0.25) is 11.7 Å². The van der Waals surface area contributed by atoms with Crippen LogP contribution in [0.4, 0.5) is 5.69 Å². The van der Waals surface area contributed by atoms with Crippen molar-refractivity contribution >= 4 is 33.2 Å². The van der Waals surface area contributed by atoms with E-state index in [0.29, 0.717) is 33.5 Å². The van der Waals surface area contributed by atoms with Gasteiger partial charge in [0.1, 0.15) is 6.54 Å². The van der Waals surface area contributed by atoms with Crippen molar-refractivity contribution in [2.24, 2.45) is 0 Å². The average molecular weight is 519 g/mol.